The molecule has 144 valence electrons. The highest BCUT2D eigenvalue weighted by Crippen LogP contribution is 2.15. The molecule has 0 bridgehead atoms. The fourth-order valence-electron chi connectivity index (χ4n) is 3.19. The van der Waals surface area contributed by atoms with Crippen LogP contribution in [0.1, 0.15) is 12.2 Å². The van der Waals surface area contributed by atoms with Crippen molar-refractivity contribution in [2.75, 3.05) is 20.6 Å². The predicted octanol–water partition coefficient (Wildman–Crippen LogP) is 1.08. The van der Waals surface area contributed by atoms with Gasteiger partial charge in [0.2, 0.25) is 0 Å². The SMILES string of the molecule is Cc1nc(-n2ccc3nc4ccn(CCCN(C)C)c(=O)c4cc3c2=O)n[nH]1. The second kappa shape index (κ2) is 7.01. The normalized spacial score (nSPS) is 11.7. The van der Waals surface area contributed by atoms with Crippen LogP contribution < -0.4 is 11.1 Å². The average Bonchev–Trinajstić information content (AvgIpc) is 3.09. The van der Waals surface area contributed by atoms with E-state index < -0.39 is 0 Å². The van der Waals surface area contributed by atoms with Gasteiger partial charge in [-0.15, -0.1) is 5.10 Å². The number of nitrogens with zero attached hydrogens (tertiary/aromatic N) is 6. The lowest BCUT2D eigenvalue weighted by Gasteiger charge is -2.11. The van der Waals surface area contributed by atoms with Crippen LogP contribution in [0, 0.1) is 6.92 Å². The highest BCUT2D eigenvalue weighted by molar-refractivity contribution is 5.91. The van der Waals surface area contributed by atoms with Crippen molar-refractivity contribution < 1.29 is 0 Å². The van der Waals surface area contributed by atoms with Crippen LogP contribution in [0.5, 0.6) is 0 Å². The first-order chi connectivity index (χ1) is 13.4. The van der Waals surface area contributed by atoms with E-state index in [1.54, 1.807) is 36.0 Å². The van der Waals surface area contributed by atoms with E-state index in [0.717, 1.165) is 13.0 Å². The minimum Gasteiger partial charge on any atom is -0.315 e. The number of hydrogen-bond acceptors (Lipinski definition) is 6. The van der Waals surface area contributed by atoms with Crippen LogP contribution in [0.4, 0.5) is 0 Å². The molecule has 4 aromatic rings. The molecule has 0 aliphatic heterocycles. The third-order valence-electron chi connectivity index (χ3n) is 4.62. The molecule has 0 unspecified atom stereocenters. The van der Waals surface area contributed by atoms with Crippen molar-refractivity contribution in [2.24, 2.45) is 0 Å². The number of pyridine rings is 3. The molecule has 28 heavy (non-hydrogen) atoms. The van der Waals surface area contributed by atoms with Crippen LogP contribution in [0.25, 0.3) is 27.8 Å². The lowest BCUT2D eigenvalue weighted by molar-refractivity contribution is 0.385. The van der Waals surface area contributed by atoms with Crippen LogP contribution in [-0.2, 0) is 6.54 Å². The van der Waals surface area contributed by atoms with Gasteiger partial charge in [-0.25, -0.2) is 9.55 Å². The molecule has 0 aliphatic rings. The first kappa shape index (κ1) is 18.1. The number of H-pyrrole nitrogens is 1. The molecule has 0 saturated heterocycles. The molecule has 4 heterocycles. The Morgan fingerprint density at radius 1 is 1.04 bits per heavy atom. The number of hydrogen-bond donors (Lipinski definition) is 1. The van der Waals surface area contributed by atoms with Gasteiger partial charge in [-0.3, -0.25) is 14.7 Å². The Morgan fingerprint density at radius 2 is 1.75 bits per heavy atom. The van der Waals surface area contributed by atoms with Gasteiger partial charge in [0.05, 0.1) is 21.8 Å². The summed E-state index contributed by atoms with van der Waals surface area (Å²) in [5.41, 5.74) is 0.653. The number of fused-ring (bicyclic) bond motifs is 2. The molecule has 0 spiro atoms. The van der Waals surface area contributed by atoms with Gasteiger partial charge in [0.25, 0.3) is 17.1 Å². The Morgan fingerprint density at radius 3 is 2.43 bits per heavy atom. The standard InChI is InChI=1S/C19H21N7O2/c1-12-20-19(23-22-12)26-10-6-16-14(18(26)28)11-13-15(21-16)5-9-25(17(13)27)8-4-7-24(2)3/h5-6,9-11H,4,7-8H2,1-3H3,(H,20,22,23). The zero-order chi connectivity index (χ0) is 19.8. The van der Waals surface area contributed by atoms with Gasteiger partial charge in [-0.2, -0.15) is 4.98 Å². The van der Waals surface area contributed by atoms with Crippen molar-refractivity contribution in [3.63, 3.8) is 0 Å². The van der Waals surface area contributed by atoms with E-state index in [9.17, 15) is 9.59 Å². The number of aromatic nitrogens is 6. The number of nitrogens with one attached hydrogen (secondary N) is 1. The van der Waals surface area contributed by atoms with Crippen molar-refractivity contribution in [1.82, 2.24) is 34.2 Å². The minimum atomic E-state index is -0.312. The summed E-state index contributed by atoms with van der Waals surface area (Å²) in [5, 5.41) is 7.55. The molecular formula is C19H21N7O2. The Bertz CT molecular complexity index is 1280. The molecule has 0 fully saturated rings. The topological polar surface area (TPSA) is 102 Å². The Labute approximate surface area is 160 Å². The van der Waals surface area contributed by atoms with Crippen LogP contribution in [0.2, 0.25) is 0 Å². The van der Waals surface area contributed by atoms with Gasteiger partial charge in [0, 0.05) is 18.9 Å². The minimum absolute atomic E-state index is 0.144. The fourth-order valence-corrected chi connectivity index (χ4v) is 3.19. The smallest absolute Gasteiger partial charge is 0.267 e. The summed E-state index contributed by atoms with van der Waals surface area (Å²) >= 11 is 0. The van der Waals surface area contributed by atoms with Crippen molar-refractivity contribution in [1.29, 1.82) is 0 Å². The zero-order valence-corrected chi connectivity index (χ0v) is 16.0. The van der Waals surface area contributed by atoms with Crippen molar-refractivity contribution in [3.8, 4) is 5.95 Å². The average molecular weight is 379 g/mol. The molecule has 0 amide bonds. The van der Waals surface area contributed by atoms with Gasteiger partial charge in [-0.05, 0) is 52.2 Å². The first-order valence-electron chi connectivity index (χ1n) is 9.04. The number of rotatable bonds is 5. The maximum atomic E-state index is 12.9. The van der Waals surface area contributed by atoms with Crippen molar-refractivity contribution in [3.05, 3.63) is 57.1 Å². The van der Waals surface area contributed by atoms with E-state index in [2.05, 4.69) is 25.1 Å². The van der Waals surface area contributed by atoms with Crippen LogP contribution in [0.3, 0.4) is 0 Å². The van der Waals surface area contributed by atoms with Gasteiger partial charge >= 0.3 is 0 Å². The third kappa shape index (κ3) is 3.20. The van der Waals surface area contributed by atoms with Crippen molar-refractivity contribution in [2.45, 2.75) is 19.9 Å². The van der Waals surface area contributed by atoms with Gasteiger partial charge in [0.1, 0.15) is 5.82 Å². The Kier molecular flexibility index (Phi) is 4.52. The van der Waals surface area contributed by atoms with E-state index >= 15 is 0 Å². The zero-order valence-electron chi connectivity index (χ0n) is 16.0. The molecule has 0 saturated carbocycles. The van der Waals surface area contributed by atoms with Crippen LogP contribution in [-0.4, -0.2) is 54.8 Å². The summed E-state index contributed by atoms with van der Waals surface area (Å²) in [6.07, 6.45) is 4.21. The Hall–Kier alpha value is -3.33. The summed E-state index contributed by atoms with van der Waals surface area (Å²) in [5.74, 6) is 0.873. The molecule has 9 nitrogen and oxygen atoms in total. The largest absolute Gasteiger partial charge is 0.315 e. The molecule has 1 N–H and O–H groups in total. The molecule has 4 rings (SSSR count). The monoisotopic (exact) mass is 379 g/mol. The lowest BCUT2D eigenvalue weighted by Crippen LogP contribution is -2.23. The van der Waals surface area contributed by atoms with E-state index in [-0.39, 0.29) is 17.1 Å². The van der Waals surface area contributed by atoms with Gasteiger partial charge in [-0.1, -0.05) is 0 Å². The maximum absolute atomic E-state index is 12.9. The van der Waals surface area contributed by atoms with Gasteiger partial charge < -0.3 is 9.47 Å². The molecule has 4 aromatic heterocycles. The second-order valence-corrected chi connectivity index (χ2v) is 7.04. The molecule has 0 atom stereocenters. The number of aryl methyl sites for hydroxylation is 2. The molecular weight excluding hydrogens is 358 g/mol. The fraction of sp³-hybridized carbons (Fsp3) is 0.316. The maximum Gasteiger partial charge on any atom is 0.267 e. The summed E-state index contributed by atoms with van der Waals surface area (Å²) in [7, 11) is 4.00. The highest BCUT2D eigenvalue weighted by atomic mass is 16.1. The van der Waals surface area contributed by atoms with Crippen LogP contribution in [0.15, 0.2) is 40.2 Å². The number of aromatic amines is 1. The summed E-state index contributed by atoms with van der Waals surface area (Å²) < 4.78 is 3.01. The van der Waals surface area contributed by atoms with Crippen LogP contribution >= 0.6 is 0 Å². The van der Waals surface area contributed by atoms with E-state index in [0.29, 0.717) is 34.2 Å². The molecule has 0 aromatic carbocycles. The Balaban J connectivity index is 1.84. The third-order valence-corrected chi connectivity index (χ3v) is 4.62. The quantitative estimate of drug-likeness (QED) is 0.521. The van der Waals surface area contributed by atoms with Crippen molar-refractivity contribution >= 4 is 21.8 Å². The lowest BCUT2D eigenvalue weighted by atomic mass is 10.2. The molecule has 0 aliphatic carbocycles. The molecule has 0 radical (unpaired) electrons. The molecule has 9 heteroatoms. The summed E-state index contributed by atoms with van der Waals surface area (Å²) in [6.45, 7) is 3.26. The van der Waals surface area contributed by atoms with Gasteiger partial charge in [0.15, 0.2) is 0 Å². The first-order valence-corrected chi connectivity index (χ1v) is 9.04. The van der Waals surface area contributed by atoms with E-state index in [4.69, 9.17) is 0 Å². The summed E-state index contributed by atoms with van der Waals surface area (Å²) in [4.78, 5) is 36.6. The van der Waals surface area contributed by atoms with E-state index in [1.165, 1.54) is 4.57 Å². The predicted molar refractivity (Wildman–Crippen MR) is 107 cm³/mol. The second-order valence-electron chi connectivity index (χ2n) is 7.04. The highest BCUT2D eigenvalue weighted by Gasteiger charge is 2.12. The van der Waals surface area contributed by atoms with E-state index in [1.807, 2.05) is 20.2 Å². The summed E-state index contributed by atoms with van der Waals surface area (Å²) in [6, 6.07) is 5.17.